The Morgan fingerprint density at radius 2 is 1.93 bits per heavy atom. The normalized spacial score (nSPS) is 10.1. The van der Waals surface area contributed by atoms with Crippen molar-refractivity contribution in [2.24, 2.45) is 0 Å². The molecule has 1 rings (SSSR count). The predicted octanol–water partition coefficient (Wildman–Crippen LogP) is 2.65. The maximum Gasteiger partial charge on any atom is 0.323 e. The fraction of sp³-hybridized carbons (Fsp3) is 0.182. The molecule has 0 aliphatic carbocycles. The Labute approximate surface area is 83.8 Å². The molecule has 2 N–H and O–H groups in total. The molecule has 0 heterocycles. The van der Waals surface area contributed by atoms with Crippen LogP contribution in [0.4, 0.5) is 10.5 Å². The highest BCUT2D eigenvalue weighted by Crippen LogP contribution is 2.07. The monoisotopic (exact) mass is 190 g/mol. The highest BCUT2D eigenvalue weighted by molar-refractivity contribution is 5.89. The summed E-state index contributed by atoms with van der Waals surface area (Å²) in [6, 6.07) is 7.40. The lowest BCUT2D eigenvalue weighted by Crippen LogP contribution is -2.23. The summed E-state index contributed by atoms with van der Waals surface area (Å²) >= 11 is 0. The molecule has 2 amide bonds. The van der Waals surface area contributed by atoms with Gasteiger partial charge in [0.1, 0.15) is 0 Å². The smallest absolute Gasteiger partial charge is 0.315 e. The van der Waals surface area contributed by atoms with Crippen LogP contribution in [0.1, 0.15) is 12.5 Å². The largest absolute Gasteiger partial charge is 0.323 e. The zero-order chi connectivity index (χ0) is 10.4. The third-order valence-corrected chi connectivity index (χ3v) is 1.69. The van der Waals surface area contributed by atoms with Crippen molar-refractivity contribution in [2.75, 3.05) is 5.32 Å². The Kier molecular flexibility index (Phi) is 3.73. The molecule has 0 unspecified atom stereocenters. The summed E-state index contributed by atoms with van der Waals surface area (Å²) in [5.74, 6) is 0. The van der Waals surface area contributed by atoms with Crippen molar-refractivity contribution in [3.8, 4) is 0 Å². The van der Waals surface area contributed by atoms with E-state index >= 15 is 0 Å². The van der Waals surface area contributed by atoms with E-state index in [1.165, 1.54) is 5.56 Å². The Balaban J connectivity index is 2.52. The molecule has 3 nitrogen and oxygen atoms in total. The number of allylic oxidation sites excluding steroid dienone is 1. The minimum absolute atomic E-state index is 0.230. The van der Waals surface area contributed by atoms with Gasteiger partial charge in [0.05, 0.1) is 0 Å². The SMILES string of the molecule is C/C=C/NC(=O)Nc1ccc(C)cc1. The molecular weight excluding hydrogens is 176 g/mol. The molecule has 14 heavy (non-hydrogen) atoms. The minimum atomic E-state index is -0.230. The maximum absolute atomic E-state index is 11.2. The van der Waals surface area contributed by atoms with Crippen molar-refractivity contribution in [1.29, 1.82) is 0 Å². The maximum atomic E-state index is 11.2. The predicted molar refractivity (Wildman–Crippen MR) is 58.1 cm³/mol. The van der Waals surface area contributed by atoms with Crippen LogP contribution in [0.5, 0.6) is 0 Å². The Morgan fingerprint density at radius 1 is 1.29 bits per heavy atom. The van der Waals surface area contributed by atoms with E-state index < -0.39 is 0 Å². The van der Waals surface area contributed by atoms with Gasteiger partial charge >= 0.3 is 6.03 Å². The number of rotatable bonds is 2. The van der Waals surface area contributed by atoms with Crippen LogP contribution in [0.15, 0.2) is 36.5 Å². The zero-order valence-corrected chi connectivity index (χ0v) is 8.37. The number of hydrogen-bond donors (Lipinski definition) is 2. The standard InChI is InChI=1S/C11H14N2O/c1-3-8-12-11(14)13-10-6-4-9(2)5-7-10/h3-8H,1-2H3,(H2,12,13,14)/b8-3+. The molecule has 0 atom stereocenters. The van der Waals surface area contributed by atoms with Crippen molar-refractivity contribution in [1.82, 2.24) is 5.32 Å². The van der Waals surface area contributed by atoms with Crippen molar-refractivity contribution >= 4 is 11.7 Å². The second-order valence-corrected chi connectivity index (χ2v) is 2.96. The van der Waals surface area contributed by atoms with E-state index in [4.69, 9.17) is 0 Å². The van der Waals surface area contributed by atoms with Gasteiger partial charge in [-0.2, -0.15) is 0 Å². The Bertz CT molecular complexity index is 328. The second kappa shape index (κ2) is 5.07. The van der Waals surface area contributed by atoms with Gasteiger partial charge in [0.15, 0.2) is 0 Å². The molecule has 1 aromatic carbocycles. The van der Waals surface area contributed by atoms with E-state index in [-0.39, 0.29) is 6.03 Å². The van der Waals surface area contributed by atoms with Crippen LogP contribution in [0.3, 0.4) is 0 Å². The van der Waals surface area contributed by atoms with Gasteiger partial charge in [-0.25, -0.2) is 4.79 Å². The molecule has 0 bridgehead atoms. The van der Waals surface area contributed by atoms with E-state index in [2.05, 4.69) is 10.6 Å². The molecule has 0 fully saturated rings. The molecule has 0 radical (unpaired) electrons. The first kappa shape index (κ1) is 10.3. The van der Waals surface area contributed by atoms with E-state index in [1.807, 2.05) is 38.1 Å². The van der Waals surface area contributed by atoms with Crippen LogP contribution in [0.25, 0.3) is 0 Å². The molecule has 3 heteroatoms. The zero-order valence-electron chi connectivity index (χ0n) is 8.37. The van der Waals surface area contributed by atoms with Crippen LogP contribution in [0.2, 0.25) is 0 Å². The average Bonchev–Trinajstić information content (AvgIpc) is 2.18. The number of urea groups is 1. The van der Waals surface area contributed by atoms with E-state index in [1.54, 1.807) is 12.3 Å². The molecular formula is C11H14N2O. The van der Waals surface area contributed by atoms with Crippen molar-refractivity contribution in [3.63, 3.8) is 0 Å². The number of aryl methyl sites for hydroxylation is 1. The first-order chi connectivity index (χ1) is 6.72. The molecule has 0 aromatic heterocycles. The van der Waals surface area contributed by atoms with Gasteiger partial charge in [-0.05, 0) is 26.0 Å². The quantitative estimate of drug-likeness (QED) is 0.739. The van der Waals surface area contributed by atoms with Crippen LogP contribution >= 0.6 is 0 Å². The van der Waals surface area contributed by atoms with Crippen molar-refractivity contribution < 1.29 is 4.79 Å². The molecule has 0 aliphatic rings. The molecule has 0 saturated carbocycles. The number of carbonyl (C=O) groups excluding carboxylic acids is 1. The third-order valence-electron chi connectivity index (χ3n) is 1.69. The lowest BCUT2D eigenvalue weighted by molar-refractivity contribution is 0.255. The fourth-order valence-electron chi connectivity index (χ4n) is 0.963. The highest BCUT2D eigenvalue weighted by Gasteiger charge is 1.97. The Hall–Kier alpha value is -1.77. The number of nitrogens with one attached hydrogen (secondary N) is 2. The lowest BCUT2D eigenvalue weighted by atomic mass is 10.2. The molecule has 1 aromatic rings. The van der Waals surface area contributed by atoms with Gasteiger partial charge in [-0.1, -0.05) is 23.8 Å². The summed E-state index contributed by atoms with van der Waals surface area (Å²) in [6.45, 7) is 3.84. The van der Waals surface area contributed by atoms with Crippen LogP contribution < -0.4 is 10.6 Å². The van der Waals surface area contributed by atoms with Crippen molar-refractivity contribution in [3.05, 3.63) is 42.1 Å². The average molecular weight is 190 g/mol. The molecule has 74 valence electrons. The first-order valence-electron chi connectivity index (χ1n) is 4.47. The summed E-state index contributed by atoms with van der Waals surface area (Å²) in [5.41, 5.74) is 1.96. The second-order valence-electron chi connectivity index (χ2n) is 2.96. The number of anilines is 1. The van der Waals surface area contributed by atoms with Gasteiger partial charge < -0.3 is 10.6 Å². The fourth-order valence-corrected chi connectivity index (χ4v) is 0.963. The van der Waals surface area contributed by atoms with Gasteiger partial charge in [-0.3, -0.25) is 0 Å². The van der Waals surface area contributed by atoms with Crippen LogP contribution in [0, 0.1) is 6.92 Å². The summed E-state index contributed by atoms with van der Waals surface area (Å²) in [7, 11) is 0. The molecule has 0 aliphatic heterocycles. The minimum Gasteiger partial charge on any atom is -0.315 e. The Morgan fingerprint density at radius 3 is 2.50 bits per heavy atom. The van der Waals surface area contributed by atoms with Crippen molar-refractivity contribution in [2.45, 2.75) is 13.8 Å². The molecule has 0 saturated heterocycles. The van der Waals surface area contributed by atoms with Gasteiger partial charge in [-0.15, -0.1) is 0 Å². The van der Waals surface area contributed by atoms with Crippen LogP contribution in [-0.4, -0.2) is 6.03 Å². The highest BCUT2D eigenvalue weighted by atomic mass is 16.2. The number of carbonyl (C=O) groups is 1. The third kappa shape index (κ3) is 3.31. The summed E-state index contributed by atoms with van der Waals surface area (Å²) in [4.78, 5) is 11.2. The van der Waals surface area contributed by atoms with Gasteiger partial charge in [0.25, 0.3) is 0 Å². The van der Waals surface area contributed by atoms with Gasteiger partial charge in [0.2, 0.25) is 0 Å². The number of benzene rings is 1. The van der Waals surface area contributed by atoms with E-state index in [9.17, 15) is 4.79 Å². The first-order valence-corrected chi connectivity index (χ1v) is 4.47. The van der Waals surface area contributed by atoms with E-state index in [0.29, 0.717) is 0 Å². The number of amides is 2. The summed E-state index contributed by atoms with van der Waals surface area (Å²) < 4.78 is 0. The topological polar surface area (TPSA) is 41.1 Å². The van der Waals surface area contributed by atoms with Gasteiger partial charge in [0, 0.05) is 11.9 Å². The summed E-state index contributed by atoms with van der Waals surface area (Å²) in [6.07, 6.45) is 3.35. The molecule has 0 spiro atoms. The van der Waals surface area contributed by atoms with E-state index in [0.717, 1.165) is 5.69 Å². The number of hydrogen-bond acceptors (Lipinski definition) is 1. The summed E-state index contributed by atoms with van der Waals surface area (Å²) in [5, 5.41) is 5.27. The lowest BCUT2D eigenvalue weighted by Gasteiger charge is -2.04. The van der Waals surface area contributed by atoms with Crippen LogP contribution in [-0.2, 0) is 0 Å².